The molecule has 0 saturated heterocycles. The number of nitro groups is 2. The second-order valence-corrected chi connectivity index (χ2v) is 6.44. The van der Waals surface area contributed by atoms with E-state index in [1.807, 2.05) is 0 Å². The predicted octanol–water partition coefficient (Wildman–Crippen LogP) is 3.28. The van der Waals surface area contributed by atoms with Crippen LogP contribution >= 0.6 is 11.8 Å². The van der Waals surface area contributed by atoms with Gasteiger partial charge in [0.05, 0.1) is 21.3 Å². The van der Waals surface area contributed by atoms with Crippen LogP contribution in [0.2, 0.25) is 0 Å². The molecule has 0 aliphatic carbocycles. The summed E-state index contributed by atoms with van der Waals surface area (Å²) in [5.41, 5.74) is 4.25. The Morgan fingerprint density at radius 3 is 2.37 bits per heavy atom. The Bertz CT molecular complexity index is 883. The molecule has 27 heavy (non-hydrogen) atoms. The van der Waals surface area contributed by atoms with Gasteiger partial charge < -0.3 is 0 Å². The fraction of sp³-hybridized carbons (Fsp3) is 0.176. The van der Waals surface area contributed by atoms with Crippen LogP contribution in [0.5, 0.6) is 0 Å². The Morgan fingerprint density at radius 2 is 1.74 bits per heavy atom. The molecule has 0 atom stereocenters. The van der Waals surface area contributed by atoms with Gasteiger partial charge in [0.15, 0.2) is 0 Å². The van der Waals surface area contributed by atoms with Gasteiger partial charge in [-0.3, -0.25) is 25.0 Å². The summed E-state index contributed by atoms with van der Waals surface area (Å²) in [6.45, 7) is 1.64. The van der Waals surface area contributed by atoms with Crippen LogP contribution in [0.15, 0.2) is 53.6 Å². The number of carbonyl (C=O) groups excluding carboxylic acids is 1. The highest BCUT2D eigenvalue weighted by Crippen LogP contribution is 2.17. The number of hydrazone groups is 1. The monoisotopic (exact) mass is 388 g/mol. The maximum atomic E-state index is 11.9. The number of rotatable bonds is 8. The molecule has 10 heteroatoms. The average molecular weight is 388 g/mol. The van der Waals surface area contributed by atoms with Gasteiger partial charge in [-0.15, -0.1) is 11.8 Å². The lowest BCUT2D eigenvalue weighted by molar-refractivity contribution is -0.385. The quantitative estimate of drug-likeness (QED) is 0.420. The Hall–Kier alpha value is -3.27. The van der Waals surface area contributed by atoms with E-state index in [0.717, 1.165) is 5.56 Å². The maximum absolute atomic E-state index is 11.9. The molecule has 0 unspecified atom stereocenters. The number of carbonyl (C=O) groups is 1. The molecule has 0 spiro atoms. The molecule has 0 radical (unpaired) electrons. The minimum atomic E-state index is -0.496. The number of hydrogen-bond acceptors (Lipinski definition) is 7. The van der Waals surface area contributed by atoms with E-state index >= 15 is 0 Å². The van der Waals surface area contributed by atoms with Crippen LogP contribution < -0.4 is 5.43 Å². The second kappa shape index (κ2) is 9.43. The number of hydrogen-bond donors (Lipinski definition) is 1. The van der Waals surface area contributed by atoms with Gasteiger partial charge in [-0.2, -0.15) is 5.10 Å². The molecule has 0 bridgehead atoms. The number of nitro benzene ring substituents is 2. The van der Waals surface area contributed by atoms with E-state index in [2.05, 4.69) is 10.5 Å². The Balaban J connectivity index is 1.83. The largest absolute Gasteiger partial charge is 0.272 e. The highest BCUT2D eigenvalue weighted by Gasteiger charge is 2.08. The van der Waals surface area contributed by atoms with Crippen LogP contribution in [-0.4, -0.2) is 27.2 Å². The molecule has 0 aliphatic rings. The van der Waals surface area contributed by atoms with Crippen LogP contribution in [0.3, 0.4) is 0 Å². The Kier molecular flexibility index (Phi) is 7.00. The van der Waals surface area contributed by atoms with E-state index in [9.17, 15) is 25.0 Å². The van der Waals surface area contributed by atoms with Crippen LogP contribution in [0.25, 0.3) is 0 Å². The first-order chi connectivity index (χ1) is 12.9. The first-order valence-electron chi connectivity index (χ1n) is 7.76. The summed E-state index contributed by atoms with van der Waals surface area (Å²) in [4.78, 5) is 32.3. The molecule has 2 aromatic rings. The zero-order chi connectivity index (χ0) is 19.8. The topological polar surface area (TPSA) is 128 Å². The number of nitrogens with zero attached hydrogens (tertiary/aromatic N) is 3. The lowest BCUT2D eigenvalue weighted by Gasteiger charge is -2.04. The number of amides is 1. The summed E-state index contributed by atoms with van der Waals surface area (Å²) in [7, 11) is 0. The summed E-state index contributed by atoms with van der Waals surface area (Å²) in [6.07, 6.45) is 0. The summed E-state index contributed by atoms with van der Waals surface area (Å²) in [5.74, 6) is 0.369. The van der Waals surface area contributed by atoms with E-state index in [-0.39, 0.29) is 23.0 Å². The second-order valence-electron chi connectivity index (χ2n) is 5.46. The molecular weight excluding hydrogens is 372 g/mol. The fourth-order valence-corrected chi connectivity index (χ4v) is 2.84. The fourth-order valence-electron chi connectivity index (χ4n) is 2.06. The molecule has 9 nitrogen and oxygen atoms in total. The lowest BCUT2D eigenvalue weighted by Crippen LogP contribution is -2.21. The van der Waals surface area contributed by atoms with Gasteiger partial charge in [-0.1, -0.05) is 24.3 Å². The molecule has 1 amide bonds. The van der Waals surface area contributed by atoms with Gasteiger partial charge in [0, 0.05) is 35.6 Å². The molecule has 0 fully saturated rings. The van der Waals surface area contributed by atoms with E-state index in [1.54, 1.807) is 31.2 Å². The molecule has 0 saturated carbocycles. The molecule has 2 aromatic carbocycles. The summed E-state index contributed by atoms with van der Waals surface area (Å²) in [6, 6.07) is 12.1. The van der Waals surface area contributed by atoms with Crippen molar-refractivity contribution in [2.75, 3.05) is 5.75 Å². The first kappa shape index (κ1) is 20.0. The van der Waals surface area contributed by atoms with Crippen LogP contribution in [0, 0.1) is 20.2 Å². The lowest BCUT2D eigenvalue weighted by atomic mass is 10.1. The molecule has 2 rings (SSSR count). The maximum Gasteiger partial charge on any atom is 0.270 e. The van der Waals surface area contributed by atoms with Gasteiger partial charge in [-0.25, -0.2) is 5.43 Å². The molecule has 0 aromatic heterocycles. The number of nitrogens with one attached hydrogen (secondary N) is 1. The molecular formula is C17H16N4O5S. The SMILES string of the molecule is C/C(=N/NC(=O)CSCc1ccc([N+](=O)[O-])cc1)c1cccc([N+](=O)[O-])c1. The van der Waals surface area contributed by atoms with Crippen molar-refractivity contribution in [2.24, 2.45) is 5.10 Å². The van der Waals surface area contributed by atoms with Gasteiger partial charge in [0.25, 0.3) is 11.4 Å². The Labute approximate surface area is 158 Å². The van der Waals surface area contributed by atoms with Crippen molar-refractivity contribution >= 4 is 34.8 Å². The zero-order valence-corrected chi connectivity index (χ0v) is 15.1. The number of non-ortho nitro benzene ring substituents is 2. The summed E-state index contributed by atoms with van der Waals surface area (Å²) in [5, 5.41) is 25.3. The van der Waals surface area contributed by atoms with Crippen molar-refractivity contribution in [3.63, 3.8) is 0 Å². The highest BCUT2D eigenvalue weighted by molar-refractivity contribution is 7.99. The van der Waals surface area contributed by atoms with Crippen LogP contribution in [-0.2, 0) is 10.5 Å². The zero-order valence-electron chi connectivity index (χ0n) is 14.3. The van der Waals surface area contributed by atoms with Crippen molar-refractivity contribution in [1.82, 2.24) is 5.43 Å². The normalized spacial score (nSPS) is 11.1. The van der Waals surface area contributed by atoms with E-state index in [0.29, 0.717) is 17.0 Å². The molecule has 1 N–H and O–H groups in total. The van der Waals surface area contributed by atoms with Crippen molar-refractivity contribution < 1.29 is 14.6 Å². The van der Waals surface area contributed by atoms with Crippen molar-refractivity contribution in [2.45, 2.75) is 12.7 Å². The third kappa shape index (κ3) is 6.19. The highest BCUT2D eigenvalue weighted by atomic mass is 32.2. The summed E-state index contributed by atoms with van der Waals surface area (Å²) < 4.78 is 0. The average Bonchev–Trinajstić information content (AvgIpc) is 2.66. The van der Waals surface area contributed by atoms with Gasteiger partial charge in [-0.05, 0) is 12.5 Å². The van der Waals surface area contributed by atoms with E-state index in [4.69, 9.17) is 0 Å². The Morgan fingerprint density at radius 1 is 1.07 bits per heavy atom. The van der Waals surface area contributed by atoms with Crippen molar-refractivity contribution in [3.05, 3.63) is 79.9 Å². The number of benzene rings is 2. The first-order valence-corrected chi connectivity index (χ1v) is 8.91. The summed E-state index contributed by atoms with van der Waals surface area (Å²) >= 11 is 1.34. The van der Waals surface area contributed by atoms with Crippen LogP contribution in [0.1, 0.15) is 18.1 Å². The van der Waals surface area contributed by atoms with Gasteiger partial charge >= 0.3 is 0 Å². The minimum absolute atomic E-state index is 0.0208. The third-order valence-corrected chi connectivity index (χ3v) is 4.48. The third-order valence-electron chi connectivity index (χ3n) is 3.47. The van der Waals surface area contributed by atoms with Crippen LogP contribution in [0.4, 0.5) is 11.4 Å². The van der Waals surface area contributed by atoms with E-state index in [1.165, 1.54) is 36.0 Å². The standard InChI is InChI=1S/C17H16N4O5S/c1-12(14-3-2-4-16(9-14)21(25)26)18-19-17(22)11-27-10-13-5-7-15(8-6-13)20(23)24/h2-9H,10-11H2,1H3,(H,19,22)/b18-12-. The van der Waals surface area contributed by atoms with Gasteiger partial charge in [0.1, 0.15) is 0 Å². The van der Waals surface area contributed by atoms with E-state index < -0.39 is 9.85 Å². The molecule has 0 heterocycles. The van der Waals surface area contributed by atoms with Crippen molar-refractivity contribution in [3.8, 4) is 0 Å². The minimum Gasteiger partial charge on any atom is -0.272 e. The smallest absolute Gasteiger partial charge is 0.270 e. The van der Waals surface area contributed by atoms with Gasteiger partial charge in [0.2, 0.25) is 5.91 Å². The van der Waals surface area contributed by atoms with Crippen molar-refractivity contribution in [1.29, 1.82) is 0 Å². The number of thioether (sulfide) groups is 1. The molecule has 0 aliphatic heterocycles. The predicted molar refractivity (Wildman–Crippen MR) is 103 cm³/mol. The molecule has 140 valence electrons.